The van der Waals surface area contributed by atoms with E-state index in [-0.39, 0.29) is 18.3 Å². The lowest BCUT2D eigenvalue weighted by molar-refractivity contribution is -0.0705. The van der Waals surface area contributed by atoms with E-state index in [1.165, 1.54) is 11.1 Å². The lowest BCUT2D eigenvalue weighted by Gasteiger charge is -2.36. The van der Waals surface area contributed by atoms with Gasteiger partial charge in [0, 0.05) is 58.6 Å². The molecule has 4 rings (SSSR count). The van der Waals surface area contributed by atoms with Crippen LogP contribution >= 0.6 is 0 Å². The highest BCUT2D eigenvalue weighted by Gasteiger charge is 2.26. The summed E-state index contributed by atoms with van der Waals surface area (Å²) in [5.74, 6) is 0.908. The Bertz CT molecular complexity index is 903. The van der Waals surface area contributed by atoms with E-state index in [2.05, 4.69) is 63.3 Å². The molecule has 2 aromatic rings. The van der Waals surface area contributed by atoms with Crippen LogP contribution in [0.15, 0.2) is 41.7 Å². The zero-order valence-corrected chi connectivity index (χ0v) is 19.7. The van der Waals surface area contributed by atoms with Crippen molar-refractivity contribution < 1.29 is 9.47 Å². The molecule has 3 unspecified atom stereocenters. The molecule has 1 aromatic heterocycles. The van der Waals surface area contributed by atoms with Crippen LogP contribution in [0.3, 0.4) is 0 Å². The first-order chi connectivity index (χ1) is 15.5. The van der Waals surface area contributed by atoms with Crippen LogP contribution in [0.2, 0.25) is 0 Å². The third kappa shape index (κ3) is 5.68. The smallest absolute Gasteiger partial charge is 0.194 e. The minimum Gasteiger partial charge on any atom is -0.373 e. The van der Waals surface area contributed by atoms with Crippen LogP contribution in [-0.4, -0.2) is 77.6 Å². The molecule has 0 bridgehead atoms. The third-order valence-electron chi connectivity index (χ3n) is 6.12. The van der Waals surface area contributed by atoms with Gasteiger partial charge < -0.3 is 19.7 Å². The SMILES string of the molecule is CN=C(NCc1ccccc1CN1CC(C)OC(C)C1)N1CCOC(c2cnn(C)c2)C1. The Morgan fingerprint density at radius 2 is 1.91 bits per heavy atom. The fourth-order valence-electron chi connectivity index (χ4n) is 4.69. The summed E-state index contributed by atoms with van der Waals surface area (Å²) < 4.78 is 13.7. The number of hydrogen-bond acceptors (Lipinski definition) is 5. The predicted octanol–water partition coefficient (Wildman–Crippen LogP) is 2.18. The Balaban J connectivity index is 1.38. The summed E-state index contributed by atoms with van der Waals surface area (Å²) in [6, 6.07) is 8.68. The molecule has 2 saturated heterocycles. The van der Waals surface area contributed by atoms with Gasteiger partial charge in [-0.1, -0.05) is 24.3 Å². The van der Waals surface area contributed by atoms with E-state index < -0.39 is 0 Å². The van der Waals surface area contributed by atoms with Gasteiger partial charge in [-0.2, -0.15) is 5.10 Å². The number of hydrogen-bond donors (Lipinski definition) is 1. The number of morpholine rings is 2. The summed E-state index contributed by atoms with van der Waals surface area (Å²) in [5, 5.41) is 7.87. The van der Waals surface area contributed by atoms with Crippen molar-refractivity contribution in [3.63, 3.8) is 0 Å². The monoisotopic (exact) mass is 440 g/mol. The number of nitrogens with zero attached hydrogens (tertiary/aromatic N) is 5. The molecule has 32 heavy (non-hydrogen) atoms. The zero-order valence-electron chi connectivity index (χ0n) is 19.7. The number of nitrogens with one attached hydrogen (secondary N) is 1. The van der Waals surface area contributed by atoms with Crippen molar-refractivity contribution in [3.05, 3.63) is 53.3 Å². The molecule has 3 atom stereocenters. The number of guanidine groups is 1. The second kappa shape index (κ2) is 10.5. The second-order valence-corrected chi connectivity index (χ2v) is 8.87. The molecule has 0 aliphatic carbocycles. The second-order valence-electron chi connectivity index (χ2n) is 8.87. The van der Waals surface area contributed by atoms with Crippen molar-refractivity contribution >= 4 is 5.96 Å². The average molecular weight is 441 g/mol. The number of aryl methyl sites for hydroxylation is 1. The highest BCUT2D eigenvalue weighted by molar-refractivity contribution is 5.80. The van der Waals surface area contributed by atoms with Crippen LogP contribution in [0.4, 0.5) is 0 Å². The zero-order chi connectivity index (χ0) is 22.5. The molecule has 2 aliphatic rings. The van der Waals surface area contributed by atoms with Gasteiger partial charge in [0.25, 0.3) is 0 Å². The van der Waals surface area contributed by atoms with Crippen molar-refractivity contribution in [1.82, 2.24) is 24.9 Å². The summed E-state index contributed by atoms with van der Waals surface area (Å²) in [6.07, 6.45) is 4.46. The Hall–Kier alpha value is -2.42. The van der Waals surface area contributed by atoms with Crippen LogP contribution in [0.25, 0.3) is 0 Å². The van der Waals surface area contributed by atoms with Crippen LogP contribution < -0.4 is 5.32 Å². The molecule has 8 heteroatoms. The van der Waals surface area contributed by atoms with E-state index in [4.69, 9.17) is 9.47 Å². The van der Waals surface area contributed by atoms with Gasteiger partial charge >= 0.3 is 0 Å². The van der Waals surface area contributed by atoms with Crippen LogP contribution in [0.1, 0.15) is 36.6 Å². The molecular weight excluding hydrogens is 404 g/mol. The normalized spacial score (nSPS) is 25.2. The van der Waals surface area contributed by atoms with Gasteiger partial charge in [-0.25, -0.2) is 0 Å². The fourth-order valence-corrected chi connectivity index (χ4v) is 4.69. The standard InChI is InChI=1S/C24H36N6O2/c1-18-13-29(14-19(2)32-18)16-21-8-6-5-7-20(21)11-26-24(25-3)30-9-10-31-23(17-30)22-12-27-28(4)15-22/h5-8,12,15,18-19,23H,9-11,13-14,16-17H2,1-4H3,(H,25,26). The van der Waals surface area contributed by atoms with E-state index in [1.54, 1.807) is 0 Å². The first kappa shape index (κ1) is 22.8. The average Bonchev–Trinajstić information content (AvgIpc) is 3.21. The van der Waals surface area contributed by atoms with Gasteiger partial charge in [-0.05, 0) is 25.0 Å². The maximum atomic E-state index is 5.99. The highest BCUT2D eigenvalue weighted by Crippen LogP contribution is 2.22. The first-order valence-corrected chi connectivity index (χ1v) is 11.5. The molecule has 2 aliphatic heterocycles. The molecule has 0 amide bonds. The molecule has 8 nitrogen and oxygen atoms in total. The Labute approximate surface area is 191 Å². The summed E-state index contributed by atoms with van der Waals surface area (Å²) in [4.78, 5) is 9.32. The molecule has 0 saturated carbocycles. The van der Waals surface area contributed by atoms with Crippen molar-refractivity contribution in [3.8, 4) is 0 Å². The topological polar surface area (TPSA) is 67.2 Å². The van der Waals surface area contributed by atoms with Crippen molar-refractivity contribution in [1.29, 1.82) is 0 Å². The molecular formula is C24H36N6O2. The van der Waals surface area contributed by atoms with Crippen LogP contribution in [0, 0.1) is 0 Å². The Morgan fingerprint density at radius 1 is 1.16 bits per heavy atom. The van der Waals surface area contributed by atoms with Gasteiger partial charge in [0.1, 0.15) is 6.10 Å². The quantitative estimate of drug-likeness (QED) is 0.568. The van der Waals surface area contributed by atoms with Crippen molar-refractivity contribution in [2.75, 3.05) is 39.8 Å². The summed E-state index contributed by atoms with van der Waals surface area (Å²) in [5.41, 5.74) is 3.76. The van der Waals surface area contributed by atoms with Gasteiger partial charge in [0.15, 0.2) is 5.96 Å². The van der Waals surface area contributed by atoms with Gasteiger partial charge in [0.05, 0.1) is 31.6 Å². The van der Waals surface area contributed by atoms with Crippen molar-refractivity contribution in [2.24, 2.45) is 12.0 Å². The lowest BCUT2D eigenvalue weighted by Crippen LogP contribution is -2.48. The van der Waals surface area contributed by atoms with E-state index in [0.29, 0.717) is 6.61 Å². The molecule has 1 N–H and O–H groups in total. The number of benzene rings is 1. The Kier molecular flexibility index (Phi) is 7.44. The third-order valence-corrected chi connectivity index (χ3v) is 6.12. The van der Waals surface area contributed by atoms with E-state index >= 15 is 0 Å². The Morgan fingerprint density at radius 3 is 2.59 bits per heavy atom. The van der Waals surface area contributed by atoms with Crippen LogP contribution in [-0.2, 0) is 29.6 Å². The number of rotatable bonds is 5. The fraction of sp³-hybridized carbons (Fsp3) is 0.583. The van der Waals surface area contributed by atoms with E-state index in [9.17, 15) is 0 Å². The molecule has 174 valence electrons. The first-order valence-electron chi connectivity index (χ1n) is 11.5. The molecule has 3 heterocycles. The molecule has 0 spiro atoms. The predicted molar refractivity (Wildman–Crippen MR) is 125 cm³/mol. The van der Waals surface area contributed by atoms with Gasteiger partial charge in [-0.3, -0.25) is 14.6 Å². The number of ether oxygens (including phenoxy) is 2. The highest BCUT2D eigenvalue weighted by atomic mass is 16.5. The van der Waals surface area contributed by atoms with E-state index in [1.807, 2.05) is 31.2 Å². The number of aromatic nitrogens is 2. The molecule has 1 aromatic carbocycles. The maximum Gasteiger partial charge on any atom is 0.194 e. The summed E-state index contributed by atoms with van der Waals surface area (Å²) in [7, 11) is 3.78. The van der Waals surface area contributed by atoms with Gasteiger partial charge in [0.2, 0.25) is 0 Å². The number of aliphatic imine (C=N–C) groups is 1. The summed E-state index contributed by atoms with van der Waals surface area (Å²) in [6.45, 7) is 10.2. The largest absolute Gasteiger partial charge is 0.373 e. The minimum atomic E-state index is 0.00795. The molecule has 2 fully saturated rings. The maximum absolute atomic E-state index is 5.99. The van der Waals surface area contributed by atoms with Crippen LogP contribution in [0.5, 0.6) is 0 Å². The van der Waals surface area contributed by atoms with E-state index in [0.717, 1.165) is 50.8 Å². The van der Waals surface area contributed by atoms with Gasteiger partial charge in [-0.15, -0.1) is 0 Å². The minimum absolute atomic E-state index is 0.00795. The lowest BCUT2D eigenvalue weighted by atomic mass is 10.1. The molecule has 0 radical (unpaired) electrons. The summed E-state index contributed by atoms with van der Waals surface area (Å²) >= 11 is 0. The van der Waals surface area contributed by atoms with Crippen molar-refractivity contribution in [2.45, 2.75) is 45.2 Å².